The molecule has 0 saturated carbocycles. The Labute approximate surface area is 114 Å². The molecule has 3 heteroatoms. The molecule has 0 atom stereocenters. The molecule has 1 aromatic heterocycles. The number of hydrogen-bond donors (Lipinski definition) is 1. The van der Waals surface area contributed by atoms with Crippen LogP contribution in [0.2, 0.25) is 0 Å². The van der Waals surface area contributed by atoms with Crippen molar-refractivity contribution >= 4 is 0 Å². The summed E-state index contributed by atoms with van der Waals surface area (Å²) in [6.07, 6.45) is 0.836. The third-order valence-electron chi connectivity index (χ3n) is 3.14. The maximum absolute atomic E-state index is 10.1. The lowest BCUT2D eigenvalue weighted by Crippen LogP contribution is -2.06. The third kappa shape index (κ3) is 2.80. The second-order valence-corrected chi connectivity index (χ2v) is 5.65. The second-order valence-electron chi connectivity index (χ2n) is 5.65. The van der Waals surface area contributed by atoms with Gasteiger partial charge in [-0.25, -0.2) is 0 Å². The van der Waals surface area contributed by atoms with Gasteiger partial charge in [0.15, 0.2) is 0 Å². The van der Waals surface area contributed by atoms with Gasteiger partial charge in [0.25, 0.3) is 0 Å². The predicted molar refractivity (Wildman–Crippen MR) is 78.3 cm³/mol. The van der Waals surface area contributed by atoms with E-state index in [4.69, 9.17) is 0 Å². The number of nitrogens with zero attached hydrogens (tertiary/aromatic N) is 2. The first-order valence-corrected chi connectivity index (χ1v) is 6.86. The minimum atomic E-state index is 0.168. The van der Waals surface area contributed by atoms with E-state index in [0.717, 1.165) is 23.2 Å². The average Bonchev–Trinajstić information content (AvgIpc) is 2.68. The fourth-order valence-corrected chi connectivity index (χ4v) is 2.33. The third-order valence-corrected chi connectivity index (χ3v) is 3.14. The number of hydrogen-bond acceptors (Lipinski definition) is 2. The van der Waals surface area contributed by atoms with Crippen LogP contribution < -0.4 is 0 Å². The van der Waals surface area contributed by atoms with Gasteiger partial charge in [-0.1, -0.05) is 44.2 Å². The van der Waals surface area contributed by atoms with Crippen molar-refractivity contribution in [2.24, 2.45) is 5.92 Å². The van der Waals surface area contributed by atoms with E-state index >= 15 is 0 Å². The van der Waals surface area contributed by atoms with E-state index in [9.17, 15) is 5.11 Å². The van der Waals surface area contributed by atoms with Crippen LogP contribution in [0, 0.1) is 5.92 Å². The van der Waals surface area contributed by atoms with Crippen molar-refractivity contribution < 1.29 is 5.11 Å². The second kappa shape index (κ2) is 5.47. The average molecular weight is 258 g/mol. The molecule has 2 aromatic rings. The fraction of sp³-hybridized carbons (Fsp3) is 0.438. The molecule has 1 aromatic carbocycles. The first-order chi connectivity index (χ1) is 9.00. The lowest BCUT2D eigenvalue weighted by Gasteiger charge is -2.13. The van der Waals surface area contributed by atoms with Crippen LogP contribution in [0.5, 0.6) is 5.88 Å². The summed E-state index contributed by atoms with van der Waals surface area (Å²) >= 11 is 0. The van der Waals surface area contributed by atoms with Crippen molar-refractivity contribution in [1.29, 1.82) is 0 Å². The normalized spacial score (nSPS) is 11.5. The molecule has 0 radical (unpaired) electrons. The summed E-state index contributed by atoms with van der Waals surface area (Å²) in [5, 5.41) is 14.5. The summed E-state index contributed by atoms with van der Waals surface area (Å²) < 4.78 is 1.92. The summed E-state index contributed by atoms with van der Waals surface area (Å²) in [6, 6.07) is 10.4. The molecule has 0 fully saturated rings. The SMILES string of the molecule is CC(C)Cc1c(O)nn(C(C)C)c1-c1ccccc1. The van der Waals surface area contributed by atoms with E-state index in [2.05, 4.69) is 44.9 Å². The van der Waals surface area contributed by atoms with Gasteiger partial charge in [0.1, 0.15) is 0 Å². The highest BCUT2D eigenvalue weighted by Gasteiger charge is 2.20. The number of rotatable bonds is 4. The standard InChI is InChI=1S/C16H22N2O/c1-11(2)10-14-15(13-8-6-5-7-9-13)18(12(3)4)17-16(14)19/h5-9,11-12H,10H2,1-4H3,(H,17,19). The van der Waals surface area contributed by atoms with Crippen LogP contribution in [0.1, 0.15) is 39.3 Å². The Bertz CT molecular complexity index is 541. The Hall–Kier alpha value is -1.77. The number of aromatic hydroxyl groups is 1. The van der Waals surface area contributed by atoms with Gasteiger partial charge in [-0.3, -0.25) is 4.68 Å². The molecule has 0 aliphatic rings. The highest BCUT2D eigenvalue weighted by atomic mass is 16.3. The van der Waals surface area contributed by atoms with Crippen molar-refractivity contribution in [1.82, 2.24) is 9.78 Å². The Morgan fingerprint density at radius 1 is 1.11 bits per heavy atom. The van der Waals surface area contributed by atoms with E-state index in [-0.39, 0.29) is 11.9 Å². The van der Waals surface area contributed by atoms with Gasteiger partial charge in [-0.15, -0.1) is 5.10 Å². The van der Waals surface area contributed by atoms with Gasteiger partial charge in [0.2, 0.25) is 5.88 Å². The summed E-state index contributed by atoms with van der Waals surface area (Å²) in [7, 11) is 0. The molecular formula is C16H22N2O. The van der Waals surface area contributed by atoms with Gasteiger partial charge in [-0.2, -0.15) is 0 Å². The van der Waals surface area contributed by atoms with Gasteiger partial charge in [0, 0.05) is 17.2 Å². The quantitative estimate of drug-likeness (QED) is 0.899. The summed E-state index contributed by atoms with van der Waals surface area (Å²) in [4.78, 5) is 0. The molecule has 3 nitrogen and oxygen atoms in total. The highest BCUT2D eigenvalue weighted by molar-refractivity contribution is 5.66. The number of aromatic nitrogens is 2. The van der Waals surface area contributed by atoms with Crippen LogP contribution in [0.25, 0.3) is 11.3 Å². The Kier molecular flexibility index (Phi) is 3.93. The van der Waals surface area contributed by atoms with Gasteiger partial charge in [-0.05, 0) is 26.2 Å². The largest absolute Gasteiger partial charge is 0.492 e. The molecule has 0 spiro atoms. The molecule has 102 valence electrons. The molecule has 0 bridgehead atoms. The first kappa shape index (κ1) is 13.7. The zero-order chi connectivity index (χ0) is 14.0. The molecule has 0 amide bonds. The molecule has 0 aliphatic carbocycles. The first-order valence-electron chi connectivity index (χ1n) is 6.86. The maximum atomic E-state index is 10.1. The predicted octanol–water partition coefficient (Wildman–Crippen LogP) is 4.04. The Morgan fingerprint density at radius 3 is 2.26 bits per heavy atom. The summed E-state index contributed by atoms with van der Waals surface area (Å²) in [5.74, 6) is 0.652. The van der Waals surface area contributed by atoms with Crippen LogP contribution in [-0.4, -0.2) is 14.9 Å². The van der Waals surface area contributed by atoms with Crippen molar-refractivity contribution in [3.63, 3.8) is 0 Å². The van der Waals surface area contributed by atoms with E-state index in [1.54, 1.807) is 0 Å². The molecule has 0 unspecified atom stereocenters. The van der Waals surface area contributed by atoms with Gasteiger partial charge in [0.05, 0.1) is 5.69 Å². The lowest BCUT2D eigenvalue weighted by atomic mass is 9.99. The Balaban J connectivity index is 2.60. The van der Waals surface area contributed by atoms with Crippen molar-refractivity contribution in [3.8, 4) is 17.1 Å². The summed E-state index contributed by atoms with van der Waals surface area (Å²) in [5.41, 5.74) is 3.11. The number of benzene rings is 1. The van der Waals surface area contributed by atoms with Crippen molar-refractivity contribution in [2.45, 2.75) is 40.2 Å². The van der Waals surface area contributed by atoms with Crippen LogP contribution >= 0.6 is 0 Å². The van der Waals surface area contributed by atoms with Gasteiger partial charge >= 0.3 is 0 Å². The lowest BCUT2D eigenvalue weighted by molar-refractivity contribution is 0.421. The van der Waals surface area contributed by atoms with Crippen molar-refractivity contribution in [3.05, 3.63) is 35.9 Å². The smallest absolute Gasteiger partial charge is 0.234 e. The van der Waals surface area contributed by atoms with Crippen LogP contribution in [0.15, 0.2) is 30.3 Å². The topological polar surface area (TPSA) is 38.1 Å². The monoisotopic (exact) mass is 258 g/mol. The van der Waals surface area contributed by atoms with Crippen LogP contribution in [0.4, 0.5) is 0 Å². The van der Waals surface area contributed by atoms with Crippen LogP contribution in [-0.2, 0) is 6.42 Å². The van der Waals surface area contributed by atoms with E-state index in [1.807, 2.05) is 22.9 Å². The zero-order valence-corrected chi connectivity index (χ0v) is 12.1. The molecule has 2 rings (SSSR count). The highest BCUT2D eigenvalue weighted by Crippen LogP contribution is 2.33. The van der Waals surface area contributed by atoms with Crippen molar-refractivity contribution in [2.75, 3.05) is 0 Å². The molecular weight excluding hydrogens is 236 g/mol. The van der Waals surface area contributed by atoms with Crippen LogP contribution in [0.3, 0.4) is 0 Å². The van der Waals surface area contributed by atoms with E-state index < -0.39 is 0 Å². The van der Waals surface area contributed by atoms with Gasteiger partial charge < -0.3 is 5.11 Å². The summed E-state index contributed by atoms with van der Waals surface area (Å²) in [6.45, 7) is 8.47. The molecule has 0 saturated heterocycles. The Morgan fingerprint density at radius 2 is 1.74 bits per heavy atom. The van der Waals surface area contributed by atoms with E-state index in [1.165, 1.54) is 0 Å². The fourth-order valence-electron chi connectivity index (χ4n) is 2.33. The minimum Gasteiger partial charge on any atom is -0.492 e. The maximum Gasteiger partial charge on any atom is 0.234 e. The zero-order valence-electron chi connectivity index (χ0n) is 12.1. The molecule has 19 heavy (non-hydrogen) atoms. The molecule has 1 N–H and O–H groups in total. The minimum absolute atomic E-state index is 0.168. The van der Waals surface area contributed by atoms with E-state index in [0.29, 0.717) is 5.92 Å². The molecule has 1 heterocycles. The molecule has 0 aliphatic heterocycles.